The molecule has 0 N–H and O–H groups in total. The van der Waals surface area contributed by atoms with Gasteiger partial charge in [0.25, 0.3) is 0 Å². The second-order valence-electron chi connectivity index (χ2n) is 3.52. The second kappa shape index (κ2) is 4.95. The van der Waals surface area contributed by atoms with Gasteiger partial charge >= 0.3 is 0 Å². The average molecular weight is 281 g/mol. The Morgan fingerprint density at radius 2 is 1.93 bits per heavy atom. The third-order valence-electron chi connectivity index (χ3n) is 2.36. The molecule has 2 heteroatoms. The van der Waals surface area contributed by atoms with E-state index in [9.17, 15) is 0 Å². The molecule has 0 fully saturated rings. The van der Waals surface area contributed by atoms with E-state index in [1.807, 2.05) is 11.3 Å². The van der Waals surface area contributed by atoms with Crippen molar-refractivity contribution in [3.8, 4) is 10.4 Å². The van der Waals surface area contributed by atoms with E-state index in [0.717, 1.165) is 6.42 Å². The normalized spacial score (nSPS) is 10.5. The molecule has 0 aliphatic rings. The van der Waals surface area contributed by atoms with Gasteiger partial charge in [-0.2, -0.15) is 0 Å². The van der Waals surface area contributed by atoms with Gasteiger partial charge in [-0.3, -0.25) is 0 Å². The summed E-state index contributed by atoms with van der Waals surface area (Å²) in [5.41, 5.74) is 2.73. The number of rotatable bonds is 3. The molecule has 0 unspecified atom stereocenters. The molecule has 1 aromatic carbocycles. The number of halogens is 1. The van der Waals surface area contributed by atoms with Crippen molar-refractivity contribution < 1.29 is 0 Å². The minimum Gasteiger partial charge on any atom is -0.142 e. The third-order valence-corrected chi connectivity index (χ3v) is 4.60. The van der Waals surface area contributed by atoms with Crippen molar-refractivity contribution in [2.45, 2.75) is 19.8 Å². The summed E-state index contributed by atoms with van der Waals surface area (Å²) in [6.45, 7) is 2.21. The van der Waals surface area contributed by atoms with Gasteiger partial charge in [0.2, 0.25) is 0 Å². The van der Waals surface area contributed by atoms with Crippen LogP contribution in [0, 0.1) is 0 Å². The fraction of sp³-hybridized carbons (Fsp3) is 0.231. The fourth-order valence-corrected chi connectivity index (χ4v) is 3.58. The van der Waals surface area contributed by atoms with E-state index in [0.29, 0.717) is 0 Å². The summed E-state index contributed by atoms with van der Waals surface area (Å²) in [5.74, 6) is 0. The van der Waals surface area contributed by atoms with E-state index in [1.165, 1.54) is 26.9 Å². The van der Waals surface area contributed by atoms with Crippen molar-refractivity contribution in [1.29, 1.82) is 0 Å². The van der Waals surface area contributed by atoms with E-state index >= 15 is 0 Å². The molecule has 0 radical (unpaired) electrons. The maximum absolute atomic E-state index is 3.70. The Morgan fingerprint density at radius 1 is 1.20 bits per heavy atom. The highest BCUT2D eigenvalue weighted by Crippen LogP contribution is 2.37. The molecule has 15 heavy (non-hydrogen) atoms. The molecule has 0 bridgehead atoms. The first kappa shape index (κ1) is 10.9. The Hall–Kier alpha value is -0.600. The summed E-state index contributed by atoms with van der Waals surface area (Å²) in [6, 6.07) is 10.5. The SMILES string of the molecule is CCCc1csc(-c2ccccc2)c1Br. The van der Waals surface area contributed by atoms with Gasteiger partial charge in [-0.25, -0.2) is 0 Å². The van der Waals surface area contributed by atoms with Crippen molar-refractivity contribution in [2.24, 2.45) is 0 Å². The van der Waals surface area contributed by atoms with Crippen molar-refractivity contribution in [3.05, 3.63) is 45.7 Å². The van der Waals surface area contributed by atoms with Gasteiger partial charge in [0.05, 0.1) is 0 Å². The molecule has 2 aromatic rings. The van der Waals surface area contributed by atoms with Crippen molar-refractivity contribution >= 4 is 27.3 Å². The average Bonchev–Trinajstić information content (AvgIpc) is 2.63. The fourth-order valence-electron chi connectivity index (χ4n) is 1.60. The summed E-state index contributed by atoms with van der Waals surface area (Å²) in [4.78, 5) is 1.35. The molecule has 78 valence electrons. The van der Waals surface area contributed by atoms with Crippen LogP contribution in [0.3, 0.4) is 0 Å². The van der Waals surface area contributed by atoms with Crippen LogP contribution >= 0.6 is 27.3 Å². The number of aryl methyl sites for hydroxylation is 1. The lowest BCUT2D eigenvalue weighted by molar-refractivity contribution is 0.923. The lowest BCUT2D eigenvalue weighted by atomic mass is 10.1. The second-order valence-corrected chi connectivity index (χ2v) is 5.19. The van der Waals surface area contributed by atoms with Gasteiger partial charge in [0, 0.05) is 9.35 Å². The van der Waals surface area contributed by atoms with Crippen LogP contribution < -0.4 is 0 Å². The summed E-state index contributed by atoms with van der Waals surface area (Å²) >= 11 is 5.52. The highest BCUT2D eigenvalue weighted by molar-refractivity contribution is 9.10. The molecular formula is C13H13BrS. The Bertz CT molecular complexity index is 431. The van der Waals surface area contributed by atoms with Gasteiger partial charge in [-0.05, 0) is 38.9 Å². The van der Waals surface area contributed by atoms with Crippen LogP contribution in [0.2, 0.25) is 0 Å². The van der Waals surface area contributed by atoms with Crippen molar-refractivity contribution in [3.63, 3.8) is 0 Å². The Morgan fingerprint density at radius 3 is 2.60 bits per heavy atom. The van der Waals surface area contributed by atoms with Crippen LogP contribution in [-0.2, 0) is 6.42 Å². The first-order chi connectivity index (χ1) is 7.33. The van der Waals surface area contributed by atoms with Gasteiger partial charge in [-0.15, -0.1) is 11.3 Å². The van der Waals surface area contributed by atoms with Crippen LogP contribution in [0.1, 0.15) is 18.9 Å². The summed E-state index contributed by atoms with van der Waals surface area (Å²) in [5, 5.41) is 2.26. The molecule has 2 rings (SSSR count). The number of hydrogen-bond donors (Lipinski definition) is 0. The Balaban J connectivity index is 2.38. The number of hydrogen-bond acceptors (Lipinski definition) is 1. The van der Waals surface area contributed by atoms with Crippen molar-refractivity contribution in [1.82, 2.24) is 0 Å². The van der Waals surface area contributed by atoms with Crippen LogP contribution in [0.5, 0.6) is 0 Å². The quantitative estimate of drug-likeness (QED) is 0.731. The maximum atomic E-state index is 3.70. The predicted octanol–water partition coefficient (Wildman–Crippen LogP) is 5.13. The molecule has 0 saturated carbocycles. The first-order valence-corrected chi connectivity index (χ1v) is 6.81. The molecule has 0 aliphatic carbocycles. The van der Waals surface area contributed by atoms with Gasteiger partial charge < -0.3 is 0 Å². The molecule has 0 aliphatic heterocycles. The van der Waals surface area contributed by atoms with Crippen LogP contribution in [0.15, 0.2) is 40.2 Å². The van der Waals surface area contributed by atoms with E-state index in [1.54, 1.807) is 0 Å². The molecule has 0 nitrogen and oxygen atoms in total. The topological polar surface area (TPSA) is 0 Å². The Labute approximate surface area is 103 Å². The van der Waals surface area contributed by atoms with Gasteiger partial charge in [0.1, 0.15) is 0 Å². The smallest absolute Gasteiger partial charge is 0.0487 e. The molecule has 0 atom stereocenters. The minimum atomic E-state index is 1.16. The van der Waals surface area contributed by atoms with Gasteiger partial charge in [0.15, 0.2) is 0 Å². The zero-order chi connectivity index (χ0) is 10.7. The third kappa shape index (κ3) is 2.32. The lowest BCUT2D eigenvalue weighted by Gasteiger charge is -1.99. The van der Waals surface area contributed by atoms with E-state index < -0.39 is 0 Å². The first-order valence-electron chi connectivity index (χ1n) is 5.14. The predicted molar refractivity (Wildman–Crippen MR) is 71.5 cm³/mol. The maximum Gasteiger partial charge on any atom is 0.0487 e. The van der Waals surface area contributed by atoms with E-state index in [-0.39, 0.29) is 0 Å². The summed E-state index contributed by atoms with van der Waals surface area (Å²) in [7, 11) is 0. The summed E-state index contributed by atoms with van der Waals surface area (Å²) in [6.07, 6.45) is 2.35. The minimum absolute atomic E-state index is 1.16. The zero-order valence-electron chi connectivity index (χ0n) is 8.66. The molecule has 0 saturated heterocycles. The monoisotopic (exact) mass is 280 g/mol. The highest BCUT2D eigenvalue weighted by Gasteiger charge is 2.09. The molecule has 0 spiro atoms. The van der Waals surface area contributed by atoms with Crippen molar-refractivity contribution in [2.75, 3.05) is 0 Å². The van der Waals surface area contributed by atoms with E-state index in [2.05, 4.69) is 58.6 Å². The zero-order valence-corrected chi connectivity index (χ0v) is 11.1. The standard InChI is InChI=1S/C13H13BrS/c1-2-6-11-9-15-13(12(11)14)10-7-4-3-5-8-10/h3-5,7-9H,2,6H2,1H3. The summed E-state index contributed by atoms with van der Waals surface area (Å²) < 4.78 is 1.28. The van der Waals surface area contributed by atoms with Crippen LogP contribution in [0.4, 0.5) is 0 Å². The van der Waals surface area contributed by atoms with E-state index in [4.69, 9.17) is 0 Å². The molecular weight excluding hydrogens is 268 g/mol. The Kier molecular flexibility index (Phi) is 3.60. The molecule has 0 amide bonds. The molecule has 1 aromatic heterocycles. The largest absolute Gasteiger partial charge is 0.142 e. The van der Waals surface area contributed by atoms with Crippen LogP contribution in [0.25, 0.3) is 10.4 Å². The molecule has 1 heterocycles. The number of thiophene rings is 1. The van der Waals surface area contributed by atoms with Crippen LogP contribution in [-0.4, -0.2) is 0 Å². The highest BCUT2D eigenvalue weighted by atomic mass is 79.9. The lowest BCUT2D eigenvalue weighted by Crippen LogP contribution is -1.80. The van der Waals surface area contributed by atoms with Gasteiger partial charge in [-0.1, -0.05) is 43.7 Å². The number of benzene rings is 1.